The molecule has 0 radical (unpaired) electrons. The molecule has 1 amide bonds. The van der Waals surface area contributed by atoms with Gasteiger partial charge in [-0.05, 0) is 24.3 Å². The average molecular weight is 463 g/mol. The number of methoxy groups -OCH3 is 1. The van der Waals surface area contributed by atoms with Gasteiger partial charge >= 0.3 is 6.09 Å². The van der Waals surface area contributed by atoms with Crippen molar-refractivity contribution < 1.29 is 24.2 Å². The van der Waals surface area contributed by atoms with E-state index in [4.69, 9.17) is 9.15 Å². The molecule has 0 aliphatic carbocycles. The summed E-state index contributed by atoms with van der Waals surface area (Å²) in [5.74, 6) is 1.53. The predicted octanol–water partition coefficient (Wildman–Crippen LogP) is 4.54. The monoisotopic (exact) mass is 463 g/mol. The summed E-state index contributed by atoms with van der Waals surface area (Å²) in [7, 11) is 1.61. The molecule has 10 heteroatoms. The van der Waals surface area contributed by atoms with Crippen molar-refractivity contribution >= 4 is 34.7 Å². The number of carbonyl (C=O) groups is 1. The summed E-state index contributed by atoms with van der Waals surface area (Å²) in [6.07, 6.45) is 2.44. The molecule has 4 heterocycles. The van der Waals surface area contributed by atoms with Crippen LogP contribution in [0, 0.1) is 0 Å². The molecule has 176 valence electrons. The molecule has 1 unspecified atom stereocenters. The van der Waals surface area contributed by atoms with Crippen molar-refractivity contribution in [3.8, 4) is 11.5 Å². The fourth-order valence-electron chi connectivity index (χ4n) is 4.57. The standard InChI is InChI=1S/C24H25N5O5/c1-14(13-28-8-10-29(11-9-28)24(31)32)20-18(33-2)6-5-16-21(30)19(34-22(16)20)12-17-15-4-3-7-25-23(15)27-26-17/h3-7,12,14,30H,8-11,13H2,1-2H3,(H,31,32). The zero-order chi connectivity index (χ0) is 23.8. The Hall–Kier alpha value is -3.92. The highest BCUT2D eigenvalue weighted by Gasteiger charge is 2.27. The molecule has 2 aliphatic heterocycles. The van der Waals surface area contributed by atoms with Crippen LogP contribution in [0.5, 0.6) is 11.5 Å². The van der Waals surface area contributed by atoms with Crippen molar-refractivity contribution in [1.29, 1.82) is 0 Å². The lowest BCUT2D eigenvalue weighted by Crippen LogP contribution is -2.49. The lowest BCUT2D eigenvalue weighted by atomic mass is 9.97. The number of nitrogens with zero attached hydrogens (tertiary/aromatic N) is 5. The number of fused-ring (bicyclic) bond motifs is 2. The maximum atomic E-state index is 11.2. The van der Waals surface area contributed by atoms with Crippen molar-refractivity contribution in [3.63, 3.8) is 0 Å². The Morgan fingerprint density at radius 1 is 1.24 bits per heavy atom. The van der Waals surface area contributed by atoms with E-state index in [1.165, 1.54) is 4.90 Å². The van der Waals surface area contributed by atoms with Crippen molar-refractivity contribution in [3.05, 3.63) is 47.3 Å². The van der Waals surface area contributed by atoms with Gasteiger partial charge in [-0.1, -0.05) is 6.92 Å². The first kappa shape index (κ1) is 21.9. The molecule has 1 atom stereocenters. The van der Waals surface area contributed by atoms with Crippen LogP contribution >= 0.6 is 0 Å². The molecular formula is C24H25N5O5. The second kappa shape index (κ2) is 8.79. The van der Waals surface area contributed by atoms with Gasteiger partial charge < -0.3 is 24.3 Å². The minimum atomic E-state index is -0.882. The summed E-state index contributed by atoms with van der Waals surface area (Å²) in [5.41, 5.74) is 2.75. The zero-order valence-electron chi connectivity index (χ0n) is 18.9. The highest BCUT2D eigenvalue weighted by Crippen LogP contribution is 2.43. The normalized spacial score (nSPS) is 17.9. The van der Waals surface area contributed by atoms with Crippen LogP contribution in [0.2, 0.25) is 0 Å². The number of aromatic nitrogens is 1. The molecular weight excluding hydrogens is 438 g/mol. The van der Waals surface area contributed by atoms with Crippen LogP contribution < -0.4 is 4.74 Å². The number of azo groups is 1. The lowest BCUT2D eigenvalue weighted by Gasteiger charge is -2.34. The third-order valence-corrected chi connectivity index (χ3v) is 6.33. The Balaban J connectivity index is 1.47. The van der Waals surface area contributed by atoms with Gasteiger partial charge in [0, 0.05) is 62.0 Å². The molecule has 5 rings (SSSR count). The fraction of sp³-hybridized carbons (Fsp3) is 0.333. The maximum Gasteiger partial charge on any atom is 0.407 e. The van der Waals surface area contributed by atoms with Crippen LogP contribution in [0.1, 0.15) is 29.7 Å². The summed E-state index contributed by atoms with van der Waals surface area (Å²) < 4.78 is 11.8. The van der Waals surface area contributed by atoms with E-state index in [1.807, 2.05) is 18.2 Å². The van der Waals surface area contributed by atoms with E-state index in [-0.39, 0.29) is 17.4 Å². The quantitative estimate of drug-likeness (QED) is 0.569. The molecule has 1 aromatic carbocycles. The van der Waals surface area contributed by atoms with Crippen LogP contribution in [0.4, 0.5) is 10.6 Å². The van der Waals surface area contributed by atoms with Gasteiger partial charge in [0.2, 0.25) is 0 Å². The molecule has 1 saturated heterocycles. The van der Waals surface area contributed by atoms with Gasteiger partial charge in [0.1, 0.15) is 17.0 Å². The van der Waals surface area contributed by atoms with E-state index < -0.39 is 6.09 Å². The van der Waals surface area contributed by atoms with E-state index in [9.17, 15) is 15.0 Å². The number of aromatic hydroxyl groups is 1. The Labute approximate surface area is 195 Å². The second-order valence-electron chi connectivity index (χ2n) is 8.45. The first-order valence-electron chi connectivity index (χ1n) is 11.1. The molecule has 34 heavy (non-hydrogen) atoms. The van der Waals surface area contributed by atoms with Crippen LogP contribution in [0.25, 0.3) is 22.7 Å². The second-order valence-corrected chi connectivity index (χ2v) is 8.45. The van der Waals surface area contributed by atoms with Crippen LogP contribution in [0.15, 0.2) is 45.1 Å². The predicted molar refractivity (Wildman–Crippen MR) is 126 cm³/mol. The molecule has 1 fully saturated rings. The molecule has 2 N–H and O–H groups in total. The van der Waals surface area contributed by atoms with E-state index in [0.29, 0.717) is 61.0 Å². The highest BCUT2D eigenvalue weighted by molar-refractivity contribution is 5.95. The minimum Gasteiger partial charge on any atom is -0.504 e. The van der Waals surface area contributed by atoms with Crippen molar-refractivity contribution in [2.45, 2.75) is 12.8 Å². The third kappa shape index (κ3) is 3.86. The fourth-order valence-corrected chi connectivity index (χ4v) is 4.57. The number of furan rings is 1. The van der Waals surface area contributed by atoms with Crippen molar-refractivity contribution in [2.75, 3.05) is 39.8 Å². The molecule has 3 aromatic rings. The Bertz CT molecular complexity index is 1310. The Morgan fingerprint density at radius 2 is 2.03 bits per heavy atom. The number of hydrogen-bond acceptors (Lipinski definition) is 8. The van der Waals surface area contributed by atoms with Gasteiger partial charge in [0.25, 0.3) is 0 Å². The summed E-state index contributed by atoms with van der Waals surface area (Å²) >= 11 is 0. The largest absolute Gasteiger partial charge is 0.504 e. The number of hydrogen-bond donors (Lipinski definition) is 2. The minimum absolute atomic E-state index is 0.0113. The topological polar surface area (TPSA) is 124 Å². The van der Waals surface area contributed by atoms with E-state index in [1.54, 1.807) is 25.4 Å². The van der Waals surface area contributed by atoms with Crippen LogP contribution in [-0.4, -0.2) is 70.9 Å². The lowest BCUT2D eigenvalue weighted by molar-refractivity contribution is 0.103. The summed E-state index contributed by atoms with van der Waals surface area (Å²) in [6.45, 7) is 5.06. The van der Waals surface area contributed by atoms with Crippen LogP contribution in [0.3, 0.4) is 0 Å². The SMILES string of the molecule is COc1ccc2c(O)c(C=C3N=Nc4ncccc43)oc2c1C(C)CN1CCN(C(=O)O)CC1. The number of amides is 1. The number of pyridine rings is 1. The third-order valence-electron chi connectivity index (χ3n) is 6.33. The Kier molecular flexibility index (Phi) is 5.66. The van der Waals surface area contributed by atoms with Gasteiger partial charge in [0.15, 0.2) is 17.3 Å². The van der Waals surface area contributed by atoms with Gasteiger partial charge in [-0.3, -0.25) is 4.90 Å². The molecule has 2 aliphatic rings. The first-order valence-corrected chi connectivity index (χ1v) is 11.1. The van der Waals surface area contributed by atoms with E-state index in [0.717, 1.165) is 11.1 Å². The number of piperazine rings is 1. The van der Waals surface area contributed by atoms with E-state index >= 15 is 0 Å². The zero-order valence-corrected chi connectivity index (χ0v) is 18.9. The number of rotatable bonds is 5. The summed E-state index contributed by atoms with van der Waals surface area (Å²) in [5, 5.41) is 29.0. The Morgan fingerprint density at radius 3 is 2.76 bits per heavy atom. The summed E-state index contributed by atoms with van der Waals surface area (Å²) in [6, 6.07) is 7.29. The molecule has 10 nitrogen and oxygen atoms in total. The van der Waals surface area contributed by atoms with Crippen LogP contribution in [-0.2, 0) is 0 Å². The molecule has 0 bridgehead atoms. The van der Waals surface area contributed by atoms with Gasteiger partial charge in [-0.25, -0.2) is 9.78 Å². The number of benzene rings is 1. The summed E-state index contributed by atoms with van der Waals surface area (Å²) in [4.78, 5) is 19.1. The highest BCUT2D eigenvalue weighted by atomic mass is 16.5. The number of ether oxygens (including phenoxy) is 1. The van der Waals surface area contributed by atoms with Crippen molar-refractivity contribution in [1.82, 2.24) is 14.8 Å². The molecule has 0 spiro atoms. The van der Waals surface area contributed by atoms with Gasteiger partial charge in [-0.2, -0.15) is 0 Å². The number of carboxylic acid groups (broad SMARTS) is 1. The van der Waals surface area contributed by atoms with Gasteiger partial charge in [0.05, 0.1) is 12.5 Å². The van der Waals surface area contributed by atoms with Crippen molar-refractivity contribution in [2.24, 2.45) is 10.2 Å². The first-order chi connectivity index (χ1) is 16.5. The maximum absolute atomic E-state index is 11.2. The van der Waals surface area contributed by atoms with E-state index in [2.05, 4.69) is 27.0 Å². The molecule has 2 aromatic heterocycles. The molecule has 0 saturated carbocycles. The smallest absolute Gasteiger partial charge is 0.407 e. The van der Waals surface area contributed by atoms with Gasteiger partial charge in [-0.15, -0.1) is 10.2 Å². The average Bonchev–Trinajstić information content (AvgIpc) is 3.39.